The molecule has 0 N–H and O–H groups in total. The first-order valence-electron chi connectivity index (χ1n) is 10.6. The number of rotatable bonds is 6. The minimum absolute atomic E-state index is 0.0972. The molecule has 0 spiro atoms. The second-order valence-electron chi connectivity index (χ2n) is 7.66. The predicted octanol–water partition coefficient (Wildman–Crippen LogP) is 3.57. The molecule has 10 heteroatoms. The standard InChI is InChI=1S/C26H24N2O8/c1-13-14(2)28-22(16-9-19(25(31)35-5)12-20(10-16)26(32)36-6)21(27-13)15-7-17(23(29)33-3)11-18(8-15)24(30)34-4/h7-12H,1-6H3. The Morgan fingerprint density at radius 1 is 0.500 bits per heavy atom. The van der Waals surface area contributed by atoms with Crippen LogP contribution in [-0.4, -0.2) is 62.3 Å². The molecule has 186 valence electrons. The zero-order valence-corrected chi connectivity index (χ0v) is 20.6. The Morgan fingerprint density at radius 3 is 0.972 bits per heavy atom. The van der Waals surface area contributed by atoms with Gasteiger partial charge in [0.2, 0.25) is 0 Å². The third-order valence-corrected chi connectivity index (χ3v) is 5.40. The number of aryl methyl sites for hydroxylation is 2. The van der Waals surface area contributed by atoms with Crippen LogP contribution < -0.4 is 0 Å². The van der Waals surface area contributed by atoms with Crippen LogP contribution in [0.2, 0.25) is 0 Å². The molecule has 0 saturated heterocycles. The first-order valence-corrected chi connectivity index (χ1v) is 10.6. The molecule has 0 amide bonds. The fraction of sp³-hybridized carbons (Fsp3) is 0.231. The summed E-state index contributed by atoms with van der Waals surface area (Å²) < 4.78 is 19.3. The molecule has 0 fully saturated rings. The Labute approximate surface area is 207 Å². The number of ether oxygens (including phenoxy) is 4. The van der Waals surface area contributed by atoms with E-state index >= 15 is 0 Å². The van der Waals surface area contributed by atoms with Crippen LogP contribution in [0.5, 0.6) is 0 Å². The number of esters is 4. The first-order chi connectivity index (χ1) is 17.1. The van der Waals surface area contributed by atoms with Crippen LogP contribution in [0.25, 0.3) is 22.5 Å². The van der Waals surface area contributed by atoms with Gasteiger partial charge >= 0.3 is 23.9 Å². The molecule has 2 aromatic carbocycles. The zero-order valence-electron chi connectivity index (χ0n) is 20.6. The second-order valence-corrected chi connectivity index (χ2v) is 7.66. The summed E-state index contributed by atoms with van der Waals surface area (Å²) in [6.07, 6.45) is 0. The Kier molecular flexibility index (Phi) is 7.78. The molecule has 0 unspecified atom stereocenters. The highest BCUT2D eigenvalue weighted by molar-refractivity contribution is 6.00. The lowest BCUT2D eigenvalue weighted by molar-refractivity contribution is 0.0581. The number of aromatic nitrogens is 2. The molecule has 0 atom stereocenters. The van der Waals surface area contributed by atoms with Crippen molar-refractivity contribution in [1.29, 1.82) is 0 Å². The number of nitrogens with zero attached hydrogens (tertiary/aromatic N) is 2. The van der Waals surface area contributed by atoms with Gasteiger partial charge in [-0.25, -0.2) is 29.1 Å². The number of carbonyl (C=O) groups excluding carboxylic acids is 4. The van der Waals surface area contributed by atoms with Crippen molar-refractivity contribution in [3.8, 4) is 22.5 Å². The largest absolute Gasteiger partial charge is 0.465 e. The van der Waals surface area contributed by atoms with Crippen molar-refractivity contribution in [2.45, 2.75) is 13.8 Å². The highest BCUT2D eigenvalue weighted by Crippen LogP contribution is 2.33. The van der Waals surface area contributed by atoms with Gasteiger partial charge in [0.15, 0.2) is 0 Å². The van der Waals surface area contributed by atoms with Gasteiger partial charge in [-0.3, -0.25) is 0 Å². The molecule has 0 bridgehead atoms. The third-order valence-electron chi connectivity index (χ3n) is 5.40. The maximum Gasteiger partial charge on any atom is 0.337 e. The van der Waals surface area contributed by atoms with Crippen LogP contribution in [0.4, 0.5) is 0 Å². The predicted molar refractivity (Wildman–Crippen MR) is 128 cm³/mol. The van der Waals surface area contributed by atoms with E-state index in [2.05, 4.69) is 9.97 Å². The molecular weight excluding hydrogens is 468 g/mol. The number of hydrogen-bond acceptors (Lipinski definition) is 10. The lowest BCUT2D eigenvalue weighted by Crippen LogP contribution is -2.09. The average molecular weight is 492 g/mol. The fourth-order valence-electron chi connectivity index (χ4n) is 3.48. The SMILES string of the molecule is COC(=O)c1cc(C(=O)OC)cc(-c2nc(C)c(C)nc2-c2cc(C(=O)OC)cc(C(=O)OC)c2)c1. The summed E-state index contributed by atoms with van der Waals surface area (Å²) in [5, 5.41) is 0. The van der Waals surface area contributed by atoms with E-state index in [1.54, 1.807) is 13.8 Å². The lowest BCUT2D eigenvalue weighted by atomic mass is 9.96. The second kappa shape index (κ2) is 10.8. The summed E-state index contributed by atoms with van der Waals surface area (Å²) in [6, 6.07) is 8.72. The van der Waals surface area contributed by atoms with Crippen LogP contribution in [0, 0.1) is 13.8 Å². The Hall–Kier alpha value is -4.60. The zero-order chi connectivity index (χ0) is 26.6. The van der Waals surface area contributed by atoms with Gasteiger partial charge in [0.05, 0.1) is 73.5 Å². The van der Waals surface area contributed by atoms with Gasteiger partial charge < -0.3 is 18.9 Å². The lowest BCUT2D eigenvalue weighted by Gasteiger charge is -2.15. The van der Waals surface area contributed by atoms with E-state index in [1.165, 1.54) is 64.8 Å². The molecule has 1 aromatic heterocycles. The molecule has 1 heterocycles. The summed E-state index contributed by atoms with van der Waals surface area (Å²) >= 11 is 0. The minimum Gasteiger partial charge on any atom is -0.465 e. The fourth-order valence-corrected chi connectivity index (χ4v) is 3.48. The monoisotopic (exact) mass is 492 g/mol. The number of carbonyl (C=O) groups is 4. The van der Waals surface area contributed by atoms with E-state index in [-0.39, 0.29) is 22.3 Å². The molecule has 0 aliphatic rings. The van der Waals surface area contributed by atoms with Gasteiger partial charge in [-0.05, 0) is 50.2 Å². The number of methoxy groups -OCH3 is 4. The van der Waals surface area contributed by atoms with Crippen molar-refractivity contribution in [3.05, 3.63) is 70.0 Å². The Morgan fingerprint density at radius 2 is 0.750 bits per heavy atom. The first kappa shape index (κ1) is 26.0. The molecule has 36 heavy (non-hydrogen) atoms. The van der Waals surface area contributed by atoms with E-state index in [1.807, 2.05) is 0 Å². The van der Waals surface area contributed by atoms with Crippen molar-refractivity contribution in [2.24, 2.45) is 0 Å². The molecule has 0 saturated carbocycles. The van der Waals surface area contributed by atoms with Crippen molar-refractivity contribution < 1.29 is 38.1 Å². The highest BCUT2D eigenvalue weighted by atomic mass is 16.5. The molecule has 0 aliphatic carbocycles. The molecule has 3 aromatic rings. The topological polar surface area (TPSA) is 131 Å². The van der Waals surface area contributed by atoms with Crippen molar-refractivity contribution in [2.75, 3.05) is 28.4 Å². The van der Waals surface area contributed by atoms with Gasteiger partial charge in [0.1, 0.15) is 0 Å². The van der Waals surface area contributed by atoms with Gasteiger partial charge in [-0.1, -0.05) is 0 Å². The summed E-state index contributed by atoms with van der Waals surface area (Å²) in [6.45, 7) is 3.51. The third kappa shape index (κ3) is 5.22. The summed E-state index contributed by atoms with van der Waals surface area (Å²) in [5.74, 6) is -2.66. The molecule has 3 rings (SSSR count). The number of benzene rings is 2. The quantitative estimate of drug-likeness (QED) is 0.372. The number of hydrogen-bond donors (Lipinski definition) is 0. The molecule has 10 nitrogen and oxygen atoms in total. The normalized spacial score (nSPS) is 10.4. The summed E-state index contributed by atoms with van der Waals surface area (Å²) in [7, 11) is 4.89. The maximum atomic E-state index is 12.3. The van der Waals surface area contributed by atoms with Crippen LogP contribution in [0.15, 0.2) is 36.4 Å². The summed E-state index contributed by atoms with van der Waals surface area (Å²) in [4.78, 5) is 58.6. The van der Waals surface area contributed by atoms with E-state index in [0.29, 0.717) is 33.9 Å². The Balaban J connectivity index is 2.38. The van der Waals surface area contributed by atoms with Crippen LogP contribution in [0.1, 0.15) is 52.8 Å². The van der Waals surface area contributed by atoms with Crippen LogP contribution >= 0.6 is 0 Å². The van der Waals surface area contributed by atoms with Gasteiger partial charge in [-0.2, -0.15) is 0 Å². The van der Waals surface area contributed by atoms with Crippen molar-refractivity contribution in [1.82, 2.24) is 9.97 Å². The highest BCUT2D eigenvalue weighted by Gasteiger charge is 2.22. The van der Waals surface area contributed by atoms with E-state index in [4.69, 9.17) is 18.9 Å². The van der Waals surface area contributed by atoms with E-state index in [9.17, 15) is 19.2 Å². The van der Waals surface area contributed by atoms with Crippen LogP contribution in [-0.2, 0) is 18.9 Å². The summed E-state index contributed by atoms with van der Waals surface area (Å²) in [5.41, 5.74) is 2.90. The smallest absolute Gasteiger partial charge is 0.337 e. The van der Waals surface area contributed by atoms with Crippen molar-refractivity contribution >= 4 is 23.9 Å². The van der Waals surface area contributed by atoms with Gasteiger partial charge in [-0.15, -0.1) is 0 Å². The molecule has 0 radical (unpaired) electrons. The average Bonchev–Trinajstić information content (AvgIpc) is 2.91. The van der Waals surface area contributed by atoms with Gasteiger partial charge in [0.25, 0.3) is 0 Å². The molecular formula is C26H24N2O8. The molecule has 0 aliphatic heterocycles. The minimum atomic E-state index is -0.666. The Bertz CT molecular complexity index is 1210. The van der Waals surface area contributed by atoms with Crippen molar-refractivity contribution in [3.63, 3.8) is 0 Å². The van der Waals surface area contributed by atoms with Crippen LogP contribution in [0.3, 0.4) is 0 Å². The van der Waals surface area contributed by atoms with E-state index in [0.717, 1.165) is 0 Å². The van der Waals surface area contributed by atoms with E-state index < -0.39 is 23.9 Å². The maximum absolute atomic E-state index is 12.3. The van der Waals surface area contributed by atoms with Gasteiger partial charge in [0, 0.05) is 11.1 Å².